The summed E-state index contributed by atoms with van der Waals surface area (Å²) in [5.74, 6) is 1.03. The number of aryl methyl sites for hydroxylation is 2. The van der Waals surface area contributed by atoms with Crippen molar-refractivity contribution in [2.45, 2.75) is 39.8 Å². The van der Waals surface area contributed by atoms with Gasteiger partial charge in [0.15, 0.2) is 5.82 Å². The highest BCUT2D eigenvalue weighted by Crippen LogP contribution is 2.39. The number of benzene rings is 1. The Morgan fingerprint density at radius 3 is 2.62 bits per heavy atom. The van der Waals surface area contributed by atoms with Crippen LogP contribution in [0.3, 0.4) is 0 Å². The number of fused-ring (bicyclic) bond motifs is 3. The van der Waals surface area contributed by atoms with E-state index in [1.807, 2.05) is 41.8 Å². The fraction of sp³-hybridized carbons (Fsp3) is 0.259. The summed E-state index contributed by atoms with van der Waals surface area (Å²) in [5.41, 5.74) is 6.24. The maximum atomic E-state index is 12.3. The lowest BCUT2D eigenvalue weighted by molar-refractivity contribution is -0.141. The van der Waals surface area contributed by atoms with E-state index in [9.17, 15) is 4.79 Å². The van der Waals surface area contributed by atoms with E-state index >= 15 is 0 Å². The number of thiophene rings is 1. The molecule has 1 aromatic carbocycles. The van der Waals surface area contributed by atoms with Crippen LogP contribution in [0.25, 0.3) is 5.00 Å². The topological polar surface area (TPSA) is 118 Å². The molecular weight excluding hydrogens is 486 g/mol. The molecule has 0 saturated carbocycles. The molecule has 1 aliphatic rings. The van der Waals surface area contributed by atoms with Crippen LogP contribution in [0.4, 0.5) is 5.69 Å². The number of carbonyl (C=O) groups excluding carboxylic acids is 1. The molecule has 37 heavy (non-hydrogen) atoms. The van der Waals surface area contributed by atoms with Crippen LogP contribution in [0, 0.1) is 32.1 Å². The van der Waals surface area contributed by atoms with E-state index in [0.717, 1.165) is 44.6 Å². The van der Waals surface area contributed by atoms with E-state index in [2.05, 4.69) is 40.4 Å². The van der Waals surface area contributed by atoms with Crippen LogP contribution in [0.1, 0.15) is 56.9 Å². The van der Waals surface area contributed by atoms with Crippen molar-refractivity contribution in [1.29, 1.82) is 5.26 Å². The summed E-state index contributed by atoms with van der Waals surface area (Å²) >= 11 is 1.67. The monoisotopic (exact) mass is 511 g/mol. The number of hydrogen-bond acceptors (Lipinski definition) is 9. The third-order valence-corrected chi connectivity index (χ3v) is 7.61. The van der Waals surface area contributed by atoms with Crippen LogP contribution in [-0.2, 0) is 16.1 Å². The van der Waals surface area contributed by atoms with Crippen molar-refractivity contribution in [2.75, 3.05) is 12.4 Å². The molecular formula is C27H25N7O2S. The highest BCUT2D eigenvalue weighted by Gasteiger charge is 2.32. The Hall–Kier alpha value is -4.36. The third kappa shape index (κ3) is 4.61. The highest BCUT2D eigenvalue weighted by molar-refractivity contribution is 7.15. The van der Waals surface area contributed by atoms with Crippen LogP contribution in [-0.4, -0.2) is 38.5 Å². The highest BCUT2D eigenvalue weighted by atomic mass is 32.1. The minimum atomic E-state index is -0.525. The van der Waals surface area contributed by atoms with Crippen molar-refractivity contribution in [3.8, 4) is 11.1 Å². The summed E-state index contributed by atoms with van der Waals surface area (Å²) in [7, 11) is 1.38. The molecule has 1 N–H and O–H groups in total. The van der Waals surface area contributed by atoms with Crippen molar-refractivity contribution in [2.24, 2.45) is 4.99 Å². The number of pyridine rings is 1. The van der Waals surface area contributed by atoms with Gasteiger partial charge in [-0.2, -0.15) is 5.26 Å². The third-order valence-electron chi connectivity index (χ3n) is 6.41. The molecule has 0 aliphatic carbocycles. The number of nitrogens with one attached hydrogen (secondary N) is 1. The van der Waals surface area contributed by atoms with Gasteiger partial charge in [-0.05, 0) is 50.6 Å². The Kier molecular flexibility index (Phi) is 6.54. The Morgan fingerprint density at radius 1 is 1.16 bits per heavy atom. The second-order valence-corrected chi connectivity index (χ2v) is 9.96. The number of nitrogens with zero attached hydrogens (tertiary/aromatic N) is 6. The van der Waals surface area contributed by atoms with E-state index < -0.39 is 6.04 Å². The van der Waals surface area contributed by atoms with Crippen molar-refractivity contribution >= 4 is 28.7 Å². The summed E-state index contributed by atoms with van der Waals surface area (Å²) in [4.78, 5) is 22.9. The predicted octanol–water partition coefficient (Wildman–Crippen LogP) is 4.59. The zero-order valence-corrected chi connectivity index (χ0v) is 21.8. The second-order valence-electron chi connectivity index (χ2n) is 8.76. The molecule has 4 aromatic rings. The Balaban J connectivity index is 1.51. The molecule has 0 spiro atoms. The van der Waals surface area contributed by atoms with Gasteiger partial charge in [-0.25, -0.2) is 0 Å². The van der Waals surface area contributed by atoms with E-state index in [1.165, 1.54) is 12.0 Å². The van der Waals surface area contributed by atoms with Crippen molar-refractivity contribution in [1.82, 2.24) is 19.7 Å². The molecule has 4 heterocycles. The van der Waals surface area contributed by atoms with Gasteiger partial charge in [0, 0.05) is 27.9 Å². The summed E-state index contributed by atoms with van der Waals surface area (Å²) in [6.07, 6.45) is 1.64. The van der Waals surface area contributed by atoms with Gasteiger partial charge in [0.25, 0.3) is 0 Å². The fourth-order valence-corrected chi connectivity index (χ4v) is 5.51. The van der Waals surface area contributed by atoms with Crippen LogP contribution < -0.4 is 5.32 Å². The Morgan fingerprint density at radius 2 is 1.95 bits per heavy atom. The molecule has 1 atom stereocenters. The van der Waals surface area contributed by atoms with Gasteiger partial charge in [0.05, 0.1) is 37.0 Å². The zero-order chi connectivity index (χ0) is 26.1. The minimum absolute atomic E-state index is 0.0718. The van der Waals surface area contributed by atoms with Gasteiger partial charge < -0.3 is 10.1 Å². The Labute approximate surface area is 218 Å². The first kappa shape index (κ1) is 24.3. The predicted molar refractivity (Wildman–Crippen MR) is 141 cm³/mol. The Bertz CT molecular complexity index is 1540. The van der Waals surface area contributed by atoms with E-state index in [-0.39, 0.29) is 12.4 Å². The molecule has 0 radical (unpaired) electrons. The summed E-state index contributed by atoms with van der Waals surface area (Å²) in [6, 6.07) is 13.2. The van der Waals surface area contributed by atoms with Gasteiger partial charge in [0.2, 0.25) is 0 Å². The SMILES string of the molecule is COC(=O)C[C@@H]1N=C(c2ccc(NCc3ccc(C#N)cn3)cc2)c2c(sc(C)c2C)-n2c(C)nnc21. The van der Waals surface area contributed by atoms with E-state index in [0.29, 0.717) is 17.9 Å². The van der Waals surface area contributed by atoms with Crippen LogP contribution in [0.15, 0.2) is 47.6 Å². The number of ether oxygens (including phenoxy) is 1. The van der Waals surface area contributed by atoms with Gasteiger partial charge in [-0.15, -0.1) is 21.5 Å². The first-order valence-corrected chi connectivity index (χ1v) is 12.6. The maximum Gasteiger partial charge on any atom is 0.308 e. The molecule has 186 valence electrons. The molecule has 1 aliphatic heterocycles. The molecule has 0 amide bonds. The first-order chi connectivity index (χ1) is 17.9. The number of aliphatic imine (C=N–C) groups is 1. The van der Waals surface area contributed by atoms with Gasteiger partial charge in [-0.3, -0.25) is 19.3 Å². The standard InChI is InChI=1S/C27H25N7O2S/c1-15-16(2)37-27-24(15)25(31-22(11-23(35)36-4)26-33-32-17(3)34(26)27)19-6-9-20(10-7-19)30-14-21-8-5-18(12-28)13-29-21/h5-10,13,22,30H,11,14H2,1-4H3/t22-/m0/s1. The van der Waals surface area contributed by atoms with Gasteiger partial charge in [0.1, 0.15) is 22.9 Å². The number of anilines is 1. The van der Waals surface area contributed by atoms with E-state index in [4.69, 9.17) is 15.0 Å². The number of nitriles is 1. The fourth-order valence-electron chi connectivity index (χ4n) is 4.30. The second kappa shape index (κ2) is 9.95. The summed E-state index contributed by atoms with van der Waals surface area (Å²) in [6.45, 7) is 6.64. The number of rotatable bonds is 6. The van der Waals surface area contributed by atoms with Crippen molar-refractivity contribution in [3.05, 3.63) is 87.1 Å². The first-order valence-electron chi connectivity index (χ1n) is 11.8. The van der Waals surface area contributed by atoms with Crippen LogP contribution in [0.2, 0.25) is 0 Å². The lowest BCUT2D eigenvalue weighted by Gasteiger charge is -2.12. The lowest BCUT2D eigenvalue weighted by atomic mass is 9.99. The van der Waals surface area contributed by atoms with Crippen molar-refractivity contribution < 1.29 is 9.53 Å². The van der Waals surface area contributed by atoms with Crippen LogP contribution >= 0.6 is 11.3 Å². The van der Waals surface area contributed by atoms with Gasteiger partial charge in [-0.1, -0.05) is 12.1 Å². The number of aromatic nitrogens is 4. The lowest BCUT2D eigenvalue weighted by Crippen LogP contribution is -2.12. The maximum absolute atomic E-state index is 12.3. The zero-order valence-electron chi connectivity index (χ0n) is 20.9. The quantitative estimate of drug-likeness (QED) is 0.376. The van der Waals surface area contributed by atoms with E-state index in [1.54, 1.807) is 23.6 Å². The molecule has 3 aromatic heterocycles. The number of esters is 1. The molecule has 10 heteroatoms. The molecule has 9 nitrogen and oxygen atoms in total. The normalized spacial score (nSPS) is 14.1. The average molecular weight is 512 g/mol. The smallest absolute Gasteiger partial charge is 0.308 e. The largest absolute Gasteiger partial charge is 0.469 e. The molecule has 5 rings (SSSR count). The van der Waals surface area contributed by atoms with Crippen molar-refractivity contribution in [3.63, 3.8) is 0 Å². The van der Waals surface area contributed by atoms with Gasteiger partial charge >= 0.3 is 5.97 Å². The number of carbonyl (C=O) groups is 1. The number of hydrogen-bond donors (Lipinski definition) is 1. The molecule has 0 bridgehead atoms. The average Bonchev–Trinajstić information content (AvgIpc) is 3.39. The number of methoxy groups -OCH3 is 1. The molecule has 0 saturated heterocycles. The minimum Gasteiger partial charge on any atom is -0.469 e. The summed E-state index contributed by atoms with van der Waals surface area (Å²) < 4.78 is 6.98. The summed E-state index contributed by atoms with van der Waals surface area (Å²) in [5, 5.41) is 22.0. The molecule has 0 unspecified atom stereocenters. The molecule has 0 fully saturated rings. The van der Waals surface area contributed by atoms with Crippen LogP contribution in [0.5, 0.6) is 0 Å².